The molecule has 82 valence electrons. The summed E-state index contributed by atoms with van der Waals surface area (Å²) in [5.41, 5.74) is 0.206. The maximum atomic E-state index is 11.4. The first-order valence-corrected chi connectivity index (χ1v) is 5.19. The topological polar surface area (TPSA) is 61.4 Å². The number of amides is 1. The van der Waals surface area contributed by atoms with E-state index in [-0.39, 0.29) is 24.0 Å². The fourth-order valence-corrected chi connectivity index (χ4v) is 1.49. The van der Waals surface area contributed by atoms with Gasteiger partial charge in [-0.3, -0.25) is 4.79 Å². The van der Waals surface area contributed by atoms with Gasteiger partial charge in [-0.2, -0.15) is 0 Å². The second-order valence-electron chi connectivity index (χ2n) is 4.20. The van der Waals surface area contributed by atoms with E-state index in [9.17, 15) is 4.79 Å². The van der Waals surface area contributed by atoms with Crippen LogP contribution < -0.4 is 10.6 Å². The van der Waals surface area contributed by atoms with Crippen molar-refractivity contribution in [3.8, 4) is 0 Å². The second kappa shape index (κ2) is 4.75. The molecule has 14 heavy (non-hydrogen) atoms. The molecule has 0 radical (unpaired) electrons. The van der Waals surface area contributed by atoms with Gasteiger partial charge in [0.15, 0.2) is 0 Å². The third-order valence-electron chi connectivity index (χ3n) is 3.06. The molecule has 4 heteroatoms. The molecule has 1 fully saturated rings. The van der Waals surface area contributed by atoms with Crippen LogP contribution >= 0.6 is 0 Å². The molecule has 1 aliphatic carbocycles. The van der Waals surface area contributed by atoms with Crippen LogP contribution in [0.1, 0.15) is 26.2 Å². The van der Waals surface area contributed by atoms with Gasteiger partial charge in [-0.1, -0.05) is 0 Å². The lowest BCUT2D eigenvalue weighted by molar-refractivity contribution is -0.122. The zero-order valence-corrected chi connectivity index (χ0v) is 8.97. The summed E-state index contributed by atoms with van der Waals surface area (Å²) in [6.45, 7) is 2.76. The molecule has 4 nitrogen and oxygen atoms in total. The highest BCUT2D eigenvalue weighted by Crippen LogP contribution is 2.47. The Hall–Kier alpha value is -0.610. The highest BCUT2D eigenvalue weighted by molar-refractivity contribution is 5.81. The number of likely N-dealkylation sites (N-methyl/N-ethyl adjacent to an activating group) is 1. The van der Waals surface area contributed by atoms with E-state index >= 15 is 0 Å². The minimum Gasteiger partial charge on any atom is -0.396 e. The van der Waals surface area contributed by atoms with E-state index in [4.69, 9.17) is 5.11 Å². The van der Waals surface area contributed by atoms with Crippen LogP contribution in [0.4, 0.5) is 0 Å². The van der Waals surface area contributed by atoms with Crippen molar-refractivity contribution in [3.63, 3.8) is 0 Å². The molecular weight excluding hydrogens is 180 g/mol. The smallest absolute Gasteiger partial charge is 0.236 e. The van der Waals surface area contributed by atoms with Crippen molar-refractivity contribution in [3.05, 3.63) is 0 Å². The second-order valence-corrected chi connectivity index (χ2v) is 4.20. The zero-order valence-electron chi connectivity index (χ0n) is 8.97. The van der Waals surface area contributed by atoms with Crippen LogP contribution in [0.15, 0.2) is 0 Å². The molecular formula is C10H20N2O2. The first kappa shape index (κ1) is 11.5. The summed E-state index contributed by atoms with van der Waals surface area (Å²) >= 11 is 0. The maximum absolute atomic E-state index is 11.4. The fourth-order valence-electron chi connectivity index (χ4n) is 1.49. The average molecular weight is 200 g/mol. The Morgan fingerprint density at radius 1 is 1.57 bits per heavy atom. The molecule has 1 unspecified atom stereocenters. The Balaban J connectivity index is 2.23. The lowest BCUT2D eigenvalue weighted by atomic mass is 10.0. The van der Waals surface area contributed by atoms with E-state index in [1.807, 2.05) is 6.92 Å². The van der Waals surface area contributed by atoms with Crippen LogP contribution in [0.2, 0.25) is 0 Å². The van der Waals surface area contributed by atoms with E-state index < -0.39 is 0 Å². The van der Waals surface area contributed by atoms with Gasteiger partial charge < -0.3 is 15.7 Å². The molecule has 1 atom stereocenters. The minimum absolute atomic E-state index is 0.0386. The third kappa shape index (κ3) is 2.96. The molecule has 0 aromatic carbocycles. The third-order valence-corrected chi connectivity index (χ3v) is 3.06. The monoisotopic (exact) mass is 200 g/mol. The van der Waals surface area contributed by atoms with Crippen molar-refractivity contribution in [2.45, 2.75) is 32.2 Å². The molecule has 0 spiro atoms. The van der Waals surface area contributed by atoms with E-state index in [1.165, 1.54) is 0 Å². The summed E-state index contributed by atoms with van der Waals surface area (Å²) in [4.78, 5) is 11.4. The normalized spacial score (nSPS) is 20.2. The van der Waals surface area contributed by atoms with E-state index in [0.29, 0.717) is 6.54 Å². The van der Waals surface area contributed by atoms with Gasteiger partial charge in [-0.25, -0.2) is 0 Å². The summed E-state index contributed by atoms with van der Waals surface area (Å²) in [7, 11) is 1.77. The summed E-state index contributed by atoms with van der Waals surface area (Å²) < 4.78 is 0. The van der Waals surface area contributed by atoms with E-state index in [0.717, 1.165) is 19.3 Å². The Kier molecular flexibility index (Phi) is 3.89. The van der Waals surface area contributed by atoms with Gasteiger partial charge in [0.05, 0.1) is 6.04 Å². The van der Waals surface area contributed by atoms with Gasteiger partial charge in [0, 0.05) is 13.2 Å². The molecule has 1 aliphatic rings. The number of hydrogen-bond donors (Lipinski definition) is 3. The van der Waals surface area contributed by atoms with Crippen LogP contribution in [0.3, 0.4) is 0 Å². The zero-order chi connectivity index (χ0) is 10.6. The van der Waals surface area contributed by atoms with Crippen molar-refractivity contribution in [1.29, 1.82) is 0 Å². The number of aliphatic hydroxyl groups is 1. The van der Waals surface area contributed by atoms with Crippen LogP contribution in [-0.4, -0.2) is 37.3 Å². The first-order chi connectivity index (χ1) is 6.63. The van der Waals surface area contributed by atoms with Gasteiger partial charge in [0.2, 0.25) is 5.91 Å². The number of carbonyl (C=O) groups excluding carboxylic acids is 1. The van der Waals surface area contributed by atoms with Crippen molar-refractivity contribution in [2.24, 2.45) is 5.41 Å². The average Bonchev–Trinajstić information content (AvgIpc) is 2.94. The number of rotatable bonds is 6. The van der Waals surface area contributed by atoms with Crippen molar-refractivity contribution >= 4 is 5.91 Å². The van der Waals surface area contributed by atoms with Gasteiger partial charge in [0.25, 0.3) is 0 Å². The molecule has 3 N–H and O–H groups in total. The molecule has 0 heterocycles. The van der Waals surface area contributed by atoms with E-state index in [1.54, 1.807) is 7.05 Å². The highest BCUT2D eigenvalue weighted by atomic mass is 16.3. The Labute approximate surface area is 85.1 Å². The van der Waals surface area contributed by atoms with Crippen molar-refractivity contribution in [1.82, 2.24) is 10.6 Å². The van der Waals surface area contributed by atoms with Crippen LogP contribution in [-0.2, 0) is 4.79 Å². The molecule has 0 aromatic rings. The predicted octanol–water partition coefficient (Wildman–Crippen LogP) is -0.127. The van der Waals surface area contributed by atoms with Crippen molar-refractivity contribution < 1.29 is 9.90 Å². The number of aliphatic hydroxyl groups excluding tert-OH is 1. The molecule has 1 amide bonds. The summed E-state index contributed by atoms with van der Waals surface area (Å²) in [5.74, 6) is 0.0386. The largest absolute Gasteiger partial charge is 0.396 e. The Morgan fingerprint density at radius 2 is 2.21 bits per heavy atom. The van der Waals surface area contributed by atoms with Gasteiger partial charge >= 0.3 is 0 Å². The number of nitrogens with one attached hydrogen (secondary N) is 2. The maximum Gasteiger partial charge on any atom is 0.236 e. The van der Waals surface area contributed by atoms with Gasteiger partial charge in [0.1, 0.15) is 0 Å². The standard InChI is InChI=1S/C10H20N2O2/c1-8(11-2)9(14)12-7-10(3-4-10)5-6-13/h8,11,13H,3-7H2,1-2H3,(H,12,14). The highest BCUT2D eigenvalue weighted by Gasteiger charge is 2.41. The number of carbonyl (C=O) groups is 1. The fraction of sp³-hybridized carbons (Fsp3) is 0.900. The molecule has 0 aliphatic heterocycles. The number of hydrogen-bond acceptors (Lipinski definition) is 3. The lowest BCUT2D eigenvalue weighted by Crippen LogP contribution is -2.42. The summed E-state index contributed by atoms with van der Waals surface area (Å²) in [5, 5.41) is 14.6. The van der Waals surface area contributed by atoms with E-state index in [2.05, 4.69) is 10.6 Å². The SMILES string of the molecule is CNC(C)C(=O)NCC1(CCO)CC1. The van der Waals surface area contributed by atoms with Gasteiger partial charge in [-0.15, -0.1) is 0 Å². The molecule has 1 saturated carbocycles. The minimum atomic E-state index is -0.139. The van der Waals surface area contributed by atoms with Gasteiger partial charge in [-0.05, 0) is 38.6 Å². The molecule has 1 rings (SSSR count). The molecule has 0 saturated heterocycles. The molecule has 0 bridgehead atoms. The lowest BCUT2D eigenvalue weighted by Gasteiger charge is -2.16. The van der Waals surface area contributed by atoms with Crippen LogP contribution in [0.25, 0.3) is 0 Å². The first-order valence-electron chi connectivity index (χ1n) is 5.19. The van der Waals surface area contributed by atoms with Crippen molar-refractivity contribution in [2.75, 3.05) is 20.2 Å². The van der Waals surface area contributed by atoms with Crippen LogP contribution in [0, 0.1) is 5.41 Å². The summed E-state index contributed by atoms with van der Waals surface area (Å²) in [6, 6.07) is -0.139. The quantitative estimate of drug-likeness (QED) is 0.560. The Morgan fingerprint density at radius 3 is 2.64 bits per heavy atom. The van der Waals surface area contributed by atoms with Crippen LogP contribution in [0.5, 0.6) is 0 Å². The Bertz CT molecular complexity index is 202. The summed E-state index contributed by atoms with van der Waals surface area (Å²) in [6.07, 6.45) is 3.06. The predicted molar refractivity (Wildman–Crippen MR) is 54.9 cm³/mol. The molecule has 0 aromatic heterocycles.